The van der Waals surface area contributed by atoms with Gasteiger partial charge in [0.25, 0.3) is 5.91 Å². The molecule has 1 aromatic carbocycles. The fourth-order valence-corrected chi connectivity index (χ4v) is 2.02. The van der Waals surface area contributed by atoms with Crippen LogP contribution in [0.15, 0.2) is 36.5 Å². The largest absolute Gasteiger partial charge is 0.396 e. The summed E-state index contributed by atoms with van der Waals surface area (Å²) in [4.78, 5) is 15.9. The lowest BCUT2D eigenvalue weighted by molar-refractivity contribution is 0.102. The molecule has 0 spiro atoms. The van der Waals surface area contributed by atoms with Gasteiger partial charge in [0, 0.05) is 18.5 Å². The molecule has 104 valence electrons. The van der Waals surface area contributed by atoms with Gasteiger partial charge in [0.15, 0.2) is 0 Å². The van der Waals surface area contributed by atoms with Crippen molar-refractivity contribution in [2.24, 2.45) is 0 Å². The molecule has 1 amide bonds. The number of aliphatic hydroxyl groups is 1. The maximum atomic E-state index is 12.1. The van der Waals surface area contributed by atoms with Gasteiger partial charge in [0.1, 0.15) is 5.15 Å². The van der Waals surface area contributed by atoms with Crippen molar-refractivity contribution in [3.63, 3.8) is 0 Å². The van der Waals surface area contributed by atoms with Crippen LogP contribution in [0.1, 0.15) is 15.9 Å². The molecule has 1 heterocycles. The van der Waals surface area contributed by atoms with Gasteiger partial charge in [-0.3, -0.25) is 4.79 Å². The van der Waals surface area contributed by atoms with Gasteiger partial charge < -0.3 is 10.4 Å². The number of aromatic nitrogens is 1. The van der Waals surface area contributed by atoms with E-state index in [1.54, 1.807) is 12.1 Å². The fourth-order valence-electron chi connectivity index (χ4n) is 1.67. The molecule has 0 aliphatic rings. The predicted molar refractivity (Wildman–Crippen MR) is 79.4 cm³/mol. The average Bonchev–Trinajstić information content (AvgIpc) is 2.44. The predicted octanol–water partition coefficient (Wildman–Crippen LogP) is 3.18. The molecule has 2 aromatic rings. The van der Waals surface area contributed by atoms with E-state index in [9.17, 15) is 4.79 Å². The highest BCUT2D eigenvalue weighted by Crippen LogP contribution is 2.20. The molecule has 2 rings (SSSR count). The Kier molecular flexibility index (Phi) is 4.95. The number of anilines is 1. The van der Waals surface area contributed by atoms with E-state index < -0.39 is 0 Å². The number of aliphatic hydroxyl groups excluding tert-OH is 1. The van der Waals surface area contributed by atoms with Crippen LogP contribution in [-0.2, 0) is 6.42 Å². The molecule has 1 aromatic heterocycles. The third-order valence-corrected chi connectivity index (χ3v) is 3.19. The van der Waals surface area contributed by atoms with Crippen LogP contribution in [0.4, 0.5) is 5.69 Å². The first-order valence-electron chi connectivity index (χ1n) is 5.92. The average molecular weight is 311 g/mol. The molecule has 0 unspecified atom stereocenters. The summed E-state index contributed by atoms with van der Waals surface area (Å²) in [6, 6.07) is 8.62. The molecule has 4 nitrogen and oxygen atoms in total. The van der Waals surface area contributed by atoms with Gasteiger partial charge in [-0.25, -0.2) is 4.98 Å². The molecule has 0 aliphatic carbocycles. The monoisotopic (exact) mass is 310 g/mol. The van der Waals surface area contributed by atoms with E-state index in [4.69, 9.17) is 28.3 Å². The third kappa shape index (κ3) is 3.70. The van der Waals surface area contributed by atoms with Crippen molar-refractivity contribution in [3.8, 4) is 0 Å². The number of benzene rings is 1. The molecule has 2 N–H and O–H groups in total. The van der Waals surface area contributed by atoms with Crippen LogP contribution in [0.25, 0.3) is 0 Å². The number of rotatable bonds is 4. The highest BCUT2D eigenvalue weighted by molar-refractivity contribution is 6.35. The summed E-state index contributed by atoms with van der Waals surface area (Å²) in [6.07, 6.45) is 1.92. The number of halogens is 2. The molecule has 0 saturated heterocycles. The molecule has 6 heteroatoms. The first-order chi connectivity index (χ1) is 9.60. The van der Waals surface area contributed by atoms with Gasteiger partial charge in [0.05, 0.1) is 10.6 Å². The fraction of sp³-hybridized carbons (Fsp3) is 0.143. The number of carbonyl (C=O) groups excluding carboxylic acids is 1. The summed E-state index contributed by atoms with van der Waals surface area (Å²) in [5, 5.41) is 12.0. The Balaban J connectivity index is 2.13. The van der Waals surface area contributed by atoms with Gasteiger partial charge in [-0.05, 0) is 30.2 Å². The Bertz CT molecular complexity index is 615. The quantitative estimate of drug-likeness (QED) is 0.853. The van der Waals surface area contributed by atoms with Crippen molar-refractivity contribution in [1.29, 1.82) is 0 Å². The smallest absolute Gasteiger partial charge is 0.257 e. The number of carbonyl (C=O) groups is 1. The van der Waals surface area contributed by atoms with E-state index in [-0.39, 0.29) is 28.3 Å². The molecule has 0 saturated carbocycles. The minimum atomic E-state index is -0.353. The molecular formula is C14H12Cl2N2O2. The summed E-state index contributed by atoms with van der Waals surface area (Å²) in [6.45, 7) is 0.0941. The normalized spacial score (nSPS) is 10.3. The second-order valence-electron chi connectivity index (χ2n) is 4.11. The topological polar surface area (TPSA) is 62.2 Å². The zero-order valence-corrected chi connectivity index (χ0v) is 11.9. The maximum absolute atomic E-state index is 12.1. The van der Waals surface area contributed by atoms with Gasteiger partial charge >= 0.3 is 0 Å². The van der Waals surface area contributed by atoms with Crippen molar-refractivity contribution in [2.75, 3.05) is 11.9 Å². The zero-order valence-electron chi connectivity index (χ0n) is 10.4. The lowest BCUT2D eigenvalue weighted by atomic mass is 10.1. The van der Waals surface area contributed by atoms with Crippen LogP contribution in [0, 0.1) is 0 Å². The standard InChI is InChI=1S/C14H12Cl2N2O2/c15-12-8-17-13(16)7-11(12)14(20)18-10-3-1-9(2-4-10)5-6-19/h1-4,7-8,19H,5-6H2,(H,18,20). The number of hydrogen-bond donors (Lipinski definition) is 2. The van der Waals surface area contributed by atoms with Gasteiger partial charge in [-0.15, -0.1) is 0 Å². The first-order valence-corrected chi connectivity index (χ1v) is 6.68. The van der Waals surface area contributed by atoms with Crippen LogP contribution < -0.4 is 5.32 Å². The number of pyridine rings is 1. The second kappa shape index (κ2) is 6.70. The Morgan fingerprint density at radius 2 is 1.95 bits per heavy atom. The summed E-state index contributed by atoms with van der Waals surface area (Å²) < 4.78 is 0. The van der Waals surface area contributed by atoms with Crippen molar-refractivity contribution in [3.05, 3.63) is 57.8 Å². The van der Waals surface area contributed by atoms with Crippen molar-refractivity contribution < 1.29 is 9.90 Å². The molecule has 0 aliphatic heterocycles. The minimum absolute atomic E-state index is 0.0941. The molecule has 20 heavy (non-hydrogen) atoms. The van der Waals surface area contributed by atoms with E-state index in [0.29, 0.717) is 12.1 Å². The zero-order chi connectivity index (χ0) is 14.5. The molecule has 0 atom stereocenters. The van der Waals surface area contributed by atoms with Crippen LogP contribution in [0.3, 0.4) is 0 Å². The lowest BCUT2D eigenvalue weighted by Crippen LogP contribution is -2.12. The van der Waals surface area contributed by atoms with E-state index in [0.717, 1.165) is 5.56 Å². The van der Waals surface area contributed by atoms with E-state index in [2.05, 4.69) is 10.3 Å². The Labute approximate surface area is 126 Å². The number of nitrogens with zero attached hydrogens (tertiary/aromatic N) is 1. The van der Waals surface area contributed by atoms with Crippen molar-refractivity contribution in [2.45, 2.75) is 6.42 Å². The summed E-state index contributed by atoms with van der Waals surface area (Å²) in [5.74, 6) is -0.353. The maximum Gasteiger partial charge on any atom is 0.257 e. The molecule has 0 bridgehead atoms. The number of nitrogens with one attached hydrogen (secondary N) is 1. The SMILES string of the molecule is O=C(Nc1ccc(CCO)cc1)c1cc(Cl)ncc1Cl. The molecule has 0 fully saturated rings. The minimum Gasteiger partial charge on any atom is -0.396 e. The molecule has 0 radical (unpaired) electrons. The van der Waals surface area contributed by atoms with Crippen molar-refractivity contribution >= 4 is 34.8 Å². The van der Waals surface area contributed by atoms with E-state index >= 15 is 0 Å². The highest BCUT2D eigenvalue weighted by atomic mass is 35.5. The Morgan fingerprint density at radius 1 is 1.25 bits per heavy atom. The number of hydrogen-bond acceptors (Lipinski definition) is 3. The summed E-state index contributed by atoms with van der Waals surface area (Å²) >= 11 is 11.7. The van der Waals surface area contributed by atoms with Gasteiger partial charge in [-0.2, -0.15) is 0 Å². The second-order valence-corrected chi connectivity index (χ2v) is 4.91. The molecular weight excluding hydrogens is 299 g/mol. The lowest BCUT2D eigenvalue weighted by Gasteiger charge is -2.07. The highest BCUT2D eigenvalue weighted by Gasteiger charge is 2.12. The van der Waals surface area contributed by atoms with Gasteiger partial charge in [-0.1, -0.05) is 35.3 Å². The summed E-state index contributed by atoms with van der Waals surface area (Å²) in [5.41, 5.74) is 1.90. The summed E-state index contributed by atoms with van der Waals surface area (Å²) in [7, 11) is 0. The first kappa shape index (κ1) is 14.8. The van der Waals surface area contributed by atoms with E-state index in [1.807, 2.05) is 12.1 Å². The van der Waals surface area contributed by atoms with Gasteiger partial charge in [0.2, 0.25) is 0 Å². The third-order valence-electron chi connectivity index (χ3n) is 2.68. The number of amides is 1. The Hall–Kier alpha value is -1.62. The van der Waals surface area contributed by atoms with Crippen LogP contribution >= 0.6 is 23.2 Å². The van der Waals surface area contributed by atoms with Crippen LogP contribution in [-0.4, -0.2) is 22.6 Å². The van der Waals surface area contributed by atoms with E-state index in [1.165, 1.54) is 12.3 Å². The van der Waals surface area contributed by atoms with Crippen molar-refractivity contribution in [1.82, 2.24) is 4.98 Å². The van der Waals surface area contributed by atoms with Crippen LogP contribution in [0.2, 0.25) is 10.2 Å². The van der Waals surface area contributed by atoms with Crippen LogP contribution in [0.5, 0.6) is 0 Å². The Morgan fingerprint density at radius 3 is 2.60 bits per heavy atom.